The standard InChI is InChI=1S/C15H19BrFN3O/c1-20-9-11(8-19-20)14(10-4-6-21-13(16)7-10)15-12(17)3-2-5-18-15/h2-3,5,8,10-11,13-14H,4,6-7,9H2,1H3/t10?,11-,13?,14?/m1/s1. The minimum atomic E-state index is -0.219. The molecule has 2 aliphatic heterocycles. The minimum Gasteiger partial charge on any atom is -0.367 e. The van der Waals surface area contributed by atoms with E-state index in [0.717, 1.165) is 19.4 Å². The fourth-order valence-corrected chi connectivity index (χ4v) is 3.99. The number of rotatable bonds is 3. The van der Waals surface area contributed by atoms with Crippen molar-refractivity contribution in [1.29, 1.82) is 0 Å². The maximum absolute atomic E-state index is 14.3. The number of pyridine rings is 1. The Morgan fingerprint density at radius 1 is 1.52 bits per heavy atom. The molecule has 0 bridgehead atoms. The third-order valence-corrected chi connectivity index (χ3v) is 4.92. The van der Waals surface area contributed by atoms with Crippen LogP contribution in [0.2, 0.25) is 0 Å². The maximum Gasteiger partial charge on any atom is 0.145 e. The minimum absolute atomic E-state index is 0.0431. The summed E-state index contributed by atoms with van der Waals surface area (Å²) in [7, 11) is 1.94. The lowest BCUT2D eigenvalue weighted by Gasteiger charge is -2.35. The Balaban J connectivity index is 1.91. The Morgan fingerprint density at radius 3 is 3.05 bits per heavy atom. The Morgan fingerprint density at radius 2 is 2.38 bits per heavy atom. The summed E-state index contributed by atoms with van der Waals surface area (Å²) >= 11 is 3.53. The van der Waals surface area contributed by atoms with Crippen molar-refractivity contribution in [2.75, 3.05) is 20.2 Å². The van der Waals surface area contributed by atoms with Gasteiger partial charge in [0.15, 0.2) is 0 Å². The monoisotopic (exact) mass is 355 g/mol. The second-order valence-electron chi connectivity index (χ2n) is 5.73. The van der Waals surface area contributed by atoms with Crippen LogP contribution >= 0.6 is 15.9 Å². The summed E-state index contributed by atoms with van der Waals surface area (Å²) in [6, 6.07) is 3.14. The molecule has 0 N–H and O–H groups in total. The molecule has 1 aromatic rings. The van der Waals surface area contributed by atoms with Crippen LogP contribution in [0.1, 0.15) is 24.5 Å². The van der Waals surface area contributed by atoms with Crippen LogP contribution in [-0.2, 0) is 4.74 Å². The second-order valence-corrected chi connectivity index (χ2v) is 6.75. The van der Waals surface area contributed by atoms with Crippen molar-refractivity contribution in [3.63, 3.8) is 0 Å². The van der Waals surface area contributed by atoms with E-state index in [1.54, 1.807) is 12.3 Å². The fourth-order valence-electron chi connectivity index (χ4n) is 3.32. The van der Waals surface area contributed by atoms with Crippen LogP contribution in [0.3, 0.4) is 0 Å². The fraction of sp³-hybridized carbons (Fsp3) is 0.600. The summed E-state index contributed by atoms with van der Waals surface area (Å²) in [4.78, 5) is 4.34. The molecule has 0 saturated carbocycles. The van der Waals surface area contributed by atoms with E-state index in [1.807, 2.05) is 18.3 Å². The molecular weight excluding hydrogens is 337 g/mol. The first-order chi connectivity index (χ1) is 10.1. The van der Waals surface area contributed by atoms with Crippen LogP contribution in [0, 0.1) is 17.7 Å². The number of aromatic nitrogens is 1. The first kappa shape index (κ1) is 14.9. The highest BCUT2D eigenvalue weighted by Gasteiger charge is 2.37. The second kappa shape index (κ2) is 6.40. The largest absolute Gasteiger partial charge is 0.367 e. The average Bonchev–Trinajstić information content (AvgIpc) is 2.88. The van der Waals surface area contributed by atoms with E-state index in [2.05, 4.69) is 26.0 Å². The van der Waals surface area contributed by atoms with Crippen LogP contribution in [0.4, 0.5) is 4.39 Å². The third kappa shape index (κ3) is 3.26. The summed E-state index contributed by atoms with van der Waals surface area (Å²) in [5.74, 6) is 0.365. The molecule has 0 radical (unpaired) electrons. The predicted octanol–water partition coefficient (Wildman–Crippen LogP) is 3.00. The molecule has 1 saturated heterocycles. The molecule has 3 unspecified atom stereocenters. The highest BCUT2D eigenvalue weighted by atomic mass is 79.9. The van der Waals surface area contributed by atoms with Crippen LogP contribution in [0.15, 0.2) is 23.4 Å². The molecule has 21 heavy (non-hydrogen) atoms. The molecule has 0 spiro atoms. The molecule has 0 aliphatic carbocycles. The SMILES string of the molecule is CN1C[C@H](C(c2ncccc2F)C2CCOC(Br)C2)C=N1. The molecule has 1 aromatic heterocycles. The topological polar surface area (TPSA) is 37.7 Å². The van der Waals surface area contributed by atoms with Gasteiger partial charge in [-0.3, -0.25) is 9.99 Å². The van der Waals surface area contributed by atoms with Gasteiger partial charge in [0, 0.05) is 44.4 Å². The smallest absolute Gasteiger partial charge is 0.145 e. The summed E-state index contributed by atoms with van der Waals surface area (Å²) < 4.78 is 19.8. The number of nitrogens with zero attached hydrogens (tertiary/aromatic N) is 3. The van der Waals surface area contributed by atoms with Crippen LogP contribution in [0.5, 0.6) is 0 Å². The molecule has 6 heteroatoms. The van der Waals surface area contributed by atoms with Gasteiger partial charge in [-0.1, -0.05) is 15.9 Å². The van der Waals surface area contributed by atoms with Gasteiger partial charge in [-0.05, 0) is 30.9 Å². The highest BCUT2D eigenvalue weighted by molar-refractivity contribution is 9.09. The van der Waals surface area contributed by atoms with Gasteiger partial charge in [-0.2, -0.15) is 5.10 Å². The maximum atomic E-state index is 14.3. The molecular formula is C15H19BrFN3O. The predicted molar refractivity (Wildman–Crippen MR) is 82.9 cm³/mol. The van der Waals surface area contributed by atoms with E-state index in [1.165, 1.54) is 6.07 Å². The molecule has 4 nitrogen and oxygen atoms in total. The lowest BCUT2D eigenvalue weighted by atomic mass is 9.76. The lowest BCUT2D eigenvalue weighted by molar-refractivity contribution is 0.0352. The molecule has 114 valence electrons. The molecule has 2 aliphatic rings. The molecule has 3 rings (SSSR count). The summed E-state index contributed by atoms with van der Waals surface area (Å²) in [5, 5.41) is 6.27. The van der Waals surface area contributed by atoms with Gasteiger partial charge in [-0.25, -0.2) is 4.39 Å². The third-order valence-electron chi connectivity index (χ3n) is 4.28. The zero-order valence-corrected chi connectivity index (χ0v) is 13.5. The van der Waals surface area contributed by atoms with Crippen molar-refractivity contribution in [3.05, 3.63) is 29.8 Å². The summed E-state index contributed by atoms with van der Waals surface area (Å²) in [6.07, 6.45) is 5.41. The van der Waals surface area contributed by atoms with Gasteiger partial charge in [0.1, 0.15) is 10.8 Å². The summed E-state index contributed by atoms with van der Waals surface area (Å²) in [6.45, 7) is 1.51. The van der Waals surface area contributed by atoms with Crippen LogP contribution < -0.4 is 0 Å². The van der Waals surface area contributed by atoms with E-state index in [9.17, 15) is 4.39 Å². The van der Waals surface area contributed by atoms with Gasteiger partial charge in [-0.15, -0.1) is 0 Å². The van der Waals surface area contributed by atoms with Gasteiger partial charge in [0.25, 0.3) is 0 Å². The normalized spacial score (nSPS) is 30.6. The molecule has 4 atom stereocenters. The van der Waals surface area contributed by atoms with Gasteiger partial charge in [0.2, 0.25) is 0 Å². The number of ether oxygens (including phenoxy) is 1. The number of hydrogen-bond donors (Lipinski definition) is 0. The van der Waals surface area contributed by atoms with Crippen molar-refractivity contribution in [2.45, 2.75) is 23.8 Å². The van der Waals surface area contributed by atoms with E-state index >= 15 is 0 Å². The zero-order chi connectivity index (χ0) is 14.8. The number of halogens is 2. The van der Waals surface area contributed by atoms with E-state index in [0.29, 0.717) is 18.2 Å². The zero-order valence-electron chi connectivity index (χ0n) is 12.0. The first-order valence-corrected chi connectivity index (χ1v) is 8.18. The first-order valence-electron chi connectivity index (χ1n) is 7.26. The van der Waals surface area contributed by atoms with Crippen molar-refractivity contribution in [1.82, 2.24) is 9.99 Å². The lowest BCUT2D eigenvalue weighted by Crippen LogP contribution is -2.33. The van der Waals surface area contributed by atoms with Crippen molar-refractivity contribution < 1.29 is 9.13 Å². The molecule has 0 amide bonds. The van der Waals surface area contributed by atoms with E-state index in [4.69, 9.17) is 4.74 Å². The molecule has 3 heterocycles. The highest BCUT2D eigenvalue weighted by Crippen LogP contribution is 2.41. The number of alkyl halides is 1. The Labute approximate surface area is 132 Å². The Bertz CT molecular complexity index is 527. The van der Waals surface area contributed by atoms with E-state index in [-0.39, 0.29) is 22.7 Å². The Hall–Kier alpha value is -1.01. The van der Waals surface area contributed by atoms with Gasteiger partial charge < -0.3 is 4.74 Å². The van der Waals surface area contributed by atoms with Crippen LogP contribution in [0.25, 0.3) is 0 Å². The van der Waals surface area contributed by atoms with Crippen molar-refractivity contribution in [2.24, 2.45) is 16.9 Å². The molecule has 0 aromatic carbocycles. The molecule has 1 fully saturated rings. The Kier molecular flexibility index (Phi) is 4.54. The van der Waals surface area contributed by atoms with Crippen molar-refractivity contribution >= 4 is 22.1 Å². The van der Waals surface area contributed by atoms with E-state index < -0.39 is 0 Å². The number of hydrogen-bond acceptors (Lipinski definition) is 4. The van der Waals surface area contributed by atoms with Gasteiger partial charge in [0.05, 0.1) is 5.69 Å². The quantitative estimate of drug-likeness (QED) is 0.782. The van der Waals surface area contributed by atoms with Crippen molar-refractivity contribution in [3.8, 4) is 0 Å². The number of hydrazone groups is 1. The van der Waals surface area contributed by atoms with Gasteiger partial charge >= 0.3 is 0 Å². The average molecular weight is 356 g/mol. The summed E-state index contributed by atoms with van der Waals surface area (Å²) in [5.41, 5.74) is 0.566. The van der Waals surface area contributed by atoms with Crippen LogP contribution in [-0.4, -0.2) is 41.4 Å².